The summed E-state index contributed by atoms with van der Waals surface area (Å²) in [6.45, 7) is 30.0. The van der Waals surface area contributed by atoms with Crippen molar-refractivity contribution in [3.63, 3.8) is 0 Å². The van der Waals surface area contributed by atoms with Gasteiger partial charge in [0.2, 0.25) is 0 Å². The summed E-state index contributed by atoms with van der Waals surface area (Å²) in [5, 5.41) is 0. The molecular formula is C30H60O6S4. The van der Waals surface area contributed by atoms with E-state index in [1.165, 1.54) is 29.4 Å². The number of hydrogen-bond donors (Lipinski definition) is 0. The lowest BCUT2D eigenvalue weighted by molar-refractivity contribution is -0.300. The molecular weight excluding hydrogens is 585 g/mol. The highest BCUT2D eigenvalue weighted by atomic mass is 32.2. The monoisotopic (exact) mass is 644 g/mol. The first-order valence-corrected chi connectivity index (χ1v) is 18.6. The number of rotatable bonds is 0. The minimum Gasteiger partial charge on any atom is -0.350 e. The molecule has 0 aromatic heterocycles. The van der Waals surface area contributed by atoms with Crippen LogP contribution in [0.5, 0.6) is 0 Å². The average molecular weight is 645 g/mol. The highest BCUT2D eigenvalue weighted by molar-refractivity contribution is 8.21. The Morgan fingerprint density at radius 1 is 0.525 bits per heavy atom. The fraction of sp³-hybridized carbons (Fsp3) is 1.00. The molecule has 0 bridgehead atoms. The summed E-state index contributed by atoms with van der Waals surface area (Å²) in [7, 11) is 0. The number of hydrogen-bond acceptors (Lipinski definition) is 10. The molecule has 5 aliphatic heterocycles. The van der Waals surface area contributed by atoms with E-state index in [-0.39, 0.29) is 29.1 Å². The van der Waals surface area contributed by atoms with Crippen molar-refractivity contribution < 1.29 is 28.4 Å². The molecule has 40 heavy (non-hydrogen) atoms. The Bertz CT molecular complexity index is 647. The minimum absolute atomic E-state index is 0.0122. The molecule has 240 valence electrons. The molecule has 5 heterocycles. The van der Waals surface area contributed by atoms with Crippen molar-refractivity contribution in [1.29, 1.82) is 0 Å². The van der Waals surface area contributed by atoms with Gasteiger partial charge in [-0.3, -0.25) is 0 Å². The maximum Gasteiger partial charge on any atom is 0.163 e. The van der Waals surface area contributed by atoms with Crippen LogP contribution in [0.15, 0.2) is 0 Å². The van der Waals surface area contributed by atoms with E-state index in [1.807, 2.05) is 48.5 Å². The molecule has 0 radical (unpaired) electrons. The zero-order valence-corrected chi connectivity index (χ0v) is 31.0. The maximum absolute atomic E-state index is 5.64. The van der Waals surface area contributed by atoms with Gasteiger partial charge in [0.05, 0.1) is 46.3 Å². The van der Waals surface area contributed by atoms with Crippen LogP contribution in [0.3, 0.4) is 0 Å². The third-order valence-corrected chi connectivity index (χ3v) is 12.2. The van der Waals surface area contributed by atoms with Gasteiger partial charge in [0.25, 0.3) is 0 Å². The fourth-order valence-corrected chi connectivity index (χ4v) is 9.19. The Morgan fingerprint density at radius 3 is 1.15 bits per heavy atom. The normalized spacial score (nSPS) is 30.1. The second-order valence-electron chi connectivity index (χ2n) is 13.1. The van der Waals surface area contributed by atoms with Gasteiger partial charge in [0.1, 0.15) is 0 Å². The van der Waals surface area contributed by atoms with Crippen molar-refractivity contribution in [2.24, 2.45) is 0 Å². The lowest BCUT2D eigenvalue weighted by Crippen LogP contribution is -2.45. The van der Waals surface area contributed by atoms with Crippen molar-refractivity contribution in [2.45, 2.75) is 140 Å². The first-order chi connectivity index (χ1) is 18.1. The molecule has 6 nitrogen and oxygen atoms in total. The quantitative estimate of drug-likeness (QED) is 0.256. The van der Waals surface area contributed by atoms with Crippen LogP contribution in [-0.2, 0) is 28.4 Å². The highest BCUT2D eigenvalue weighted by Crippen LogP contribution is 2.42. The van der Waals surface area contributed by atoms with Gasteiger partial charge < -0.3 is 28.4 Å². The van der Waals surface area contributed by atoms with Crippen LogP contribution in [0, 0.1) is 0 Å². The minimum atomic E-state index is -0.387. The Hall–Kier alpha value is 1.16. The van der Waals surface area contributed by atoms with E-state index in [9.17, 15) is 0 Å². The zero-order valence-electron chi connectivity index (χ0n) is 27.7. The summed E-state index contributed by atoms with van der Waals surface area (Å²) in [5.41, 5.74) is -0.0122. The summed E-state index contributed by atoms with van der Waals surface area (Å²) in [5.74, 6) is 4.39. The molecule has 10 heteroatoms. The van der Waals surface area contributed by atoms with Gasteiger partial charge in [-0.15, -0.1) is 47.0 Å². The van der Waals surface area contributed by atoms with Crippen molar-refractivity contribution in [1.82, 2.24) is 0 Å². The van der Waals surface area contributed by atoms with Crippen LogP contribution in [0.25, 0.3) is 0 Å². The third kappa shape index (κ3) is 19.4. The van der Waals surface area contributed by atoms with Crippen molar-refractivity contribution in [2.75, 3.05) is 49.4 Å². The van der Waals surface area contributed by atoms with Gasteiger partial charge in [0.15, 0.2) is 17.4 Å². The molecule has 0 aromatic rings. The fourth-order valence-electron chi connectivity index (χ4n) is 4.13. The molecule has 0 spiro atoms. The van der Waals surface area contributed by atoms with Crippen LogP contribution >= 0.6 is 47.0 Å². The van der Waals surface area contributed by atoms with E-state index in [1.54, 1.807) is 0 Å². The van der Waals surface area contributed by atoms with Gasteiger partial charge in [-0.05, 0) is 114 Å². The zero-order chi connectivity index (χ0) is 30.7. The van der Waals surface area contributed by atoms with Crippen LogP contribution in [0.4, 0.5) is 0 Å². The molecule has 5 rings (SSSR count). The second-order valence-corrected chi connectivity index (χ2v) is 20.5. The SMILES string of the molecule is CC1(C)CCOC(C)(C)O1.CC1(C)OCCO1.CC1(C)SCCCS1.CC1(C)SCCS1.CC1COC(C)(C)O1. The largest absolute Gasteiger partial charge is 0.350 e. The topological polar surface area (TPSA) is 55.4 Å². The maximum atomic E-state index is 5.64. The number of thioether (sulfide) groups is 4. The van der Waals surface area contributed by atoms with E-state index in [0.29, 0.717) is 8.16 Å². The molecule has 1 unspecified atom stereocenters. The van der Waals surface area contributed by atoms with Crippen molar-refractivity contribution in [3.05, 3.63) is 0 Å². The lowest BCUT2D eigenvalue weighted by atomic mass is 10.0. The van der Waals surface area contributed by atoms with E-state index in [2.05, 4.69) is 88.6 Å². The molecule has 5 saturated heterocycles. The van der Waals surface area contributed by atoms with E-state index >= 15 is 0 Å². The Labute approximate surface area is 263 Å². The molecule has 5 fully saturated rings. The predicted molar refractivity (Wildman–Crippen MR) is 179 cm³/mol. The molecule has 0 aromatic carbocycles. The van der Waals surface area contributed by atoms with Crippen molar-refractivity contribution >= 4 is 47.0 Å². The molecule has 0 N–H and O–H groups in total. The van der Waals surface area contributed by atoms with Crippen LogP contribution in [0.2, 0.25) is 0 Å². The van der Waals surface area contributed by atoms with Gasteiger partial charge in [-0.1, -0.05) is 0 Å². The van der Waals surface area contributed by atoms with Crippen molar-refractivity contribution in [3.8, 4) is 0 Å². The molecule has 0 amide bonds. The van der Waals surface area contributed by atoms with Gasteiger partial charge in [-0.2, -0.15) is 0 Å². The average Bonchev–Trinajstić information content (AvgIpc) is 3.47. The van der Waals surface area contributed by atoms with E-state index in [4.69, 9.17) is 28.4 Å². The van der Waals surface area contributed by atoms with Crippen LogP contribution in [0.1, 0.15) is 103 Å². The smallest absolute Gasteiger partial charge is 0.163 e. The van der Waals surface area contributed by atoms with Crippen LogP contribution in [-0.4, -0.2) is 86.7 Å². The summed E-state index contributed by atoms with van der Waals surface area (Å²) in [6.07, 6.45) is 2.65. The first kappa shape index (κ1) is 39.2. The standard InChI is InChI=1S/C8H16O2.C6H12O2.C6H12S2.C5H10O2.C5H10S2/c1-7(2)5-6-9-8(3,4)10-7;1-5-4-7-6(2,3)8-5;1-6(2)7-4-3-5-8-6;2*1-5(2)6-3-4-7-5/h5-6H2,1-4H3;5H,4H2,1-3H3;3-5H2,1-2H3;2*3-4H2,1-2H3. The summed E-state index contributed by atoms with van der Waals surface area (Å²) in [6, 6.07) is 0. The molecule has 5 aliphatic rings. The molecule has 0 aliphatic carbocycles. The van der Waals surface area contributed by atoms with Gasteiger partial charge >= 0.3 is 0 Å². The summed E-state index contributed by atoms with van der Waals surface area (Å²) in [4.78, 5) is 0. The number of ether oxygens (including phenoxy) is 6. The van der Waals surface area contributed by atoms with Crippen LogP contribution < -0.4 is 0 Å². The Kier molecular flexibility index (Phi) is 16.7. The highest BCUT2D eigenvalue weighted by Gasteiger charge is 2.34. The first-order valence-electron chi connectivity index (χ1n) is 14.6. The third-order valence-electron chi connectivity index (χ3n) is 5.98. The summed E-state index contributed by atoms with van der Waals surface area (Å²) < 4.78 is 32.9. The van der Waals surface area contributed by atoms with E-state index < -0.39 is 0 Å². The second kappa shape index (κ2) is 17.0. The molecule has 0 saturated carbocycles. The van der Waals surface area contributed by atoms with E-state index in [0.717, 1.165) is 32.8 Å². The van der Waals surface area contributed by atoms with Gasteiger partial charge in [0, 0.05) is 11.5 Å². The molecule has 1 atom stereocenters. The lowest BCUT2D eigenvalue weighted by Gasteiger charge is -2.40. The predicted octanol–water partition coefficient (Wildman–Crippen LogP) is 8.66. The summed E-state index contributed by atoms with van der Waals surface area (Å²) >= 11 is 8.29. The Balaban J connectivity index is 0.000000252. The van der Waals surface area contributed by atoms with Gasteiger partial charge in [-0.25, -0.2) is 0 Å². The Morgan fingerprint density at radius 2 is 0.975 bits per heavy atom.